The molecule has 0 bridgehead atoms. The number of anilines is 1. The van der Waals surface area contributed by atoms with E-state index in [1.807, 2.05) is 0 Å². The minimum absolute atomic E-state index is 0.394. The summed E-state index contributed by atoms with van der Waals surface area (Å²) in [5.74, 6) is -0.856. The molecule has 0 radical (unpaired) electrons. The third kappa shape index (κ3) is 1.91. The van der Waals surface area contributed by atoms with Crippen molar-refractivity contribution in [2.75, 3.05) is 18.0 Å². The Bertz CT molecular complexity index is 555. The van der Waals surface area contributed by atoms with Gasteiger partial charge in [0.05, 0.1) is 10.3 Å². The van der Waals surface area contributed by atoms with E-state index in [0.29, 0.717) is 5.56 Å². The van der Waals surface area contributed by atoms with Crippen molar-refractivity contribution in [1.82, 2.24) is 4.98 Å². The third-order valence-corrected chi connectivity index (χ3v) is 5.13. The number of thiophene rings is 1. The average molecular weight is 268 g/mol. The second kappa shape index (κ2) is 4.27. The van der Waals surface area contributed by atoms with Crippen LogP contribution in [-0.4, -0.2) is 29.1 Å². The average Bonchev–Trinajstić information content (AvgIpc) is 2.88. The van der Waals surface area contributed by atoms with E-state index in [1.54, 1.807) is 5.38 Å². The van der Waals surface area contributed by atoms with Gasteiger partial charge < -0.3 is 10.0 Å². The van der Waals surface area contributed by atoms with Crippen LogP contribution in [0.5, 0.6) is 0 Å². The molecule has 3 rings (SSSR count). The molecular weight excluding hydrogens is 256 g/mol. The van der Waals surface area contributed by atoms with Crippen molar-refractivity contribution < 1.29 is 9.90 Å². The van der Waals surface area contributed by atoms with Crippen molar-refractivity contribution in [2.45, 2.75) is 19.3 Å². The largest absolute Gasteiger partial charge is 0.478 e. The van der Waals surface area contributed by atoms with Crippen LogP contribution >= 0.6 is 22.7 Å². The Balaban J connectivity index is 1.98. The maximum atomic E-state index is 11.0. The summed E-state index contributed by atoms with van der Waals surface area (Å²) in [7, 11) is 0. The first-order valence-electron chi connectivity index (χ1n) is 5.62. The zero-order valence-electron chi connectivity index (χ0n) is 9.18. The molecule has 1 aliphatic rings. The lowest BCUT2D eigenvalue weighted by Crippen LogP contribution is -2.29. The molecule has 1 aliphatic heterocycles. The lowest BCUT2D eigenvalue weighted by atomic mass is 10.1. The van der Waals surface area contributed by atoms with Crippen LogP contribution in [0.15, 0.2) is 5.38 Å². The van der Waals surface area contributed by atoms with Crippen molar-refractivity contribution in [3.63, 3.8) is 0 Å². The van der Waals surface area contributed by atoms with Crippen LogP contribution < -0.4 is 4.90 Å². The SMILES string of the molecule is O=C(O)c1csc2nc(N3CCCCC3)sc12. The number of aromatic carboxylic acids is 1. The Morgan fingerprint density at radius 1 is 1.35 bits per heavy atom. The van der Waals surface area contributed by atoms with Crippen LogP contribution in [0.2, 0.25) is 0 Å². The van der Waals surface area contributed by atoms with Gasteiger partial charge in [-0.2, -0.15) is 0 Å². The molecule has 1 saturated heterocycles. The molecule has 1 fully saturated rings. The summed E-state index contributed by atoms with van der Waals surface area (Å²) in [4.78, 5) is 18.7. The van der Waals surface area contributed by atoms with Crippen LogP contribution in [0.1, 0.15) is 29.6 Å². The Hall–Kier alpha value is -1.14. The van der Waals surface area contributed by atoms with Gasteiger partial charge in [-0.25, -0.2) is 9.78 Å². The topological polar surface area (TPSA) is 53.4 Å². The van der Waals surface area contributed by atoms with Crippen molar-refractivity contribution in [3.05, 3.63) is 10.9 Å². The van der Waals surface area contributed by atoms with Crippen LogP contribution in [-0.2, 0) is 0 Å². The smallest absolute Gasteiger partial charge is 0.338 e. The van der Waals surface area contributed by atoms with E-state index in [1.165, 1.54) is 41.9 Å². The minimum atomic E-state index is -0.856. The van der Waals surface area contributed by atoms with E-state index >= 15 is 0 Å². The number of piperidine rings is 1. The second-order valence-corrected chi connectivity index (χ2v) is 5.97. The first-order chi connectivity index (χ1) is 8.25. The molecule has 0 spiro atoms. The molecule has 3 heterocycles. The number of carbonyl (C=O) groups is 1. The van der Waals surface area contributed by atoms with Gasteiger partial charge in [-0.3, -0.25) is 0 Å². The highest BCUT2D eigenvalue weighted by molar-refractivity contribution is 7.28. The molecule has 90 valence electrons. The van der Waals surface area contributed by atoms with Gasteiger partial charge in [0, 0.05) is 18.5 Å². The van der Waals surface area contributed by atoms with E-state index in [0.717, 1.165) is 27.8 Å². The highest BCUT2D eigenvalue weighted by Crippen LogP contribution is 2.36. The lowest BCUT2D eigenvalue weighted by Gasteiger charge is -2.25. The molecule has 6 heteroatoms. The monoisotopic (exact) mass is 268 g/mol. The molecule has 0 unspecified atom stereocenters. The number of nitrogens with zero attached hydrogens (tertiary/aromatic N) is 2. The van der Waals surface area contributed by atoms with E-state index in [9.17, 15) is 4.79 Å². The summed E-state index contributed by atoms with van der Waals surface area (Å²) in [6, 6.07) is 0. The summed E-state index contributed by atoms with van der Waals surface area (Å²) in [5, 5.41) is 11.7. The highest BCUT2D eigenvalue weighted by Gasteiger charge is 2.19. The van der Waals surface area contributed by atoms with Gasteiger partial charge in [-0.05, 0) is 19.3 Å². The predicted molar refractivity (Wildman–Crippen MR) is 70.5 cm³/mol. The second-order valence-electron chi connectivity index (χ2n) is 4.13. The molecule has 2 aromatic heterocycles. The number of aromatic nitrogens is 1. The van der Waals surface area contributed by atoms with Crippen LogP contribution in [0.3, 0.4) is 0 Å². The first kappa shape index (κ1) is 11.0. The zero-order valence-corrected chi connectivity index (χ0v) is 10.8. The number of thiazole rings is 1. The Morgan fingerprint density at radius 3 is 2.82 bits per heavy atom. The van der Waals surface area contributed by atoms with Gasteiger partial charge >= 0.3 is 5.97 Å². The summed E-state index contributed by atoms with van der Waals surface area (Å²) in [6.45, 7) is 2.09. The van der Waals surface area contributed by atoms with Crippen molar-refractivity contribution >= 4 is 43.3 Å². The van der Waals surface area contributed by atoms with E-state index in [-0.39, 0.29) is 0 Å². The molecule has 4 nitrogen and oxygen atoms in total. The molecule has 17 heavy (non-hydrogen) atoms. The van der Waals surface area contributed by atoms with Gasteiger partial charge in [-0.1, -0.05) is 11.3 Å². The Kier molecular flexibility index (Phi) is 2.76. The number of hydrogen-bond acceptors (Lipinski definition) is 5. The Labute approximate surface area is 107 Å². The third-order valence-electron chi connectivity index (χ3n) is 2.97. The maximum absolute atomic E-state index is 11.0. The predicted octanol–water partition coefficient (Wildman–Crippen LogP) is 3.05. The van der Waals surface area contributed by atoms with Gasteiger partial charge in [-0.15, -0.1) is 11.3 Å². The zero-order chi connectivity index (χ0) is 11.8. The molecule has 0 aromatic carbocycles. The summed E-state index contributed by atoms with van der Waals surface area (Å²) in [6.07, 6.45) is 3.70. The molecular formula is C11H12N2O2S2. The number of rotatable bonds is 2. The number of fused-ring (bicyclic) bond motifs is 1. The summed E-state index contributed by atoms with van der Waals surface area (Å²) >= 11 is 2.93. The minimum Gasteiger partial charge on any atom is -0.478 e. The normalized spacial score (nSPS) is 16.6. The summed E-state index contributed by atoms with van der Waals surface area (Å²) < 4.78 is 0.822. The van der Waals surface area contributed by atoms with Crippen LogP contribution in [0.4, 0.5) is 5.13 Å². The fourth-order valence-corrected chi connectivity index (χ4v) is 4.31. The molecule has 2 aromatic rings. The van der Waals surface area contributed by atoms with Gasteiger partial charge in [0.25, 0.3) is 0 Å². The van der Waals surface area contributed by atoms with Gasteiger partial charge in [0.1, 0.15) is 4.83 Å². The van der Waals surface area contributed by atoms with E-state index in [2.05, 4.69) is 9.88 Å². The molecule has 1 N–H and O–H groups in total. The van der Waals surface area contributed by atoms with E-state index in [4.69, 9.17) is 5.11 Å². The van der Waals surface area contributed by atoms with Crippen molar-refractivity contribution in [2.24, 2.45) is 0 Å². The molecule has 0 aliphatic carbocycles. The highest BCUT2D eigenvalue weighted by atomic mass is 32.1. The van der Waals surface area contributed by atoms with Gasteiger partial charge in [0.2, 0.25) is 0 Å². The maximum Gasteiger partial charge on any atom is 0.338 e. The number of carboxylic acid groups (broad SMARTS) is 1. The summed E-state index contributed by atoms with van der Waals surface area (Å²) in [5.41, 5.74) is 0.394. The van der Waals surface area contributed by atoms with Crippen LogP contribution in [0.25, 0.3) is 9.53 Å². The fourth-order valence-electron chi connectivity index (χ4n) is 2.08. The van der Waals surface area contributed by atoms with E-state index < -0.39 is 5.97 Å². The number of hydrogen-bond donors (Lipinski definition) is 1. The first-order valence-corrected chi connectivity index (χ1v) is 7.31. The van der Waals surface area contributed by atoms with Crippen molar-refractivity contribution in [1.29, 1.82) is 0 Å². The lowest BCUT2D eigenvalue weighted by molar-refractivity contribution is 0.0699. The van der Waals surface area contributed by atoms with Crippen LogP contribution in [0, 0.1) is 0 Å². The quantitative estimate of drug-likeness (QED) is 0.909. The standard InChI is InChI=1S/C11H12N2O2S2/c14-10(15)7-6-16-9-8(7)17-11(12-9)13-4-2-1-3-5-13/h6H,1-5H2,(H,14,15). The van der Waals surface area contributed by atoms with Crippen molar-refractivity contribution in [3.8, 4) is 0 Å². The Morgan fingerprint density at radius 2 is 2.12 bits per heavy atom. The van der Waals surface area contributed by atoms with Gasteiger partial charge in [0.15, 0.2) is 5.13 Å². The molecule has 0 saturated carbocycles. The molecule has 0 amide bonds. The number of carboxylic acids is 1. The molecule has 0 atom stereocenters. The fraction of sp³-hybridized carbons (Fsp3) is 0.455.